The predicted molar refractivity (Wildman–Crippen MR) is 64.3 cm³/mol. The van der Waals surface area contributed by atoms with Crippen LogP contribution < -0.4 is 0 Å². The zero-order valence-electron chi connectivity index (χ0n) is 8.48. The van der Waals surface area contributed by atoms with Gasteiger partial charge in [0.05, 0.1) is 14.1 Å². The summed E-state index contributed by atoms with van der Waals surface area (Å²) in [7, 11) is 1.70. The van der Waals surface area contributed by atoms with E-state index in [1.165, 1.54) is 30.2 Å². The Labute approximate surface area is 106 Å². The second kappa shape index (κ2) is 4.20. The van der Waals surface area contributed by atoms with Gasteiger partial charge in [-0.1, -0.05) is 11.6 Å². The number of fused-ring (bicyclic) bond motifs is 1. The molecule has 1 aliphatic heterocycles. The lowest BCUT2D eigenvalue weighted by Crippen LogP contribution is -2.19. The molecule has 0 unspecified atom stereocenters. The molecule has 7 heteroatoms. The SMILES string of the molecule is CC(=O)OC1=C(O)c2sc(Cl)cc2SN1C. The molecule has 0 saturated heterocycles. The molecule has 0 aliphatic carbocycles. The van der Waals surface area contributed by atoms with E-state index >= 15 is 0 Å². The van der Waals surface area contributed by atoms with Crippen LogP contribution in [0.1, 0.15) is 11.8 Å². The summed E-state index contributed by atoms with van der Waals surface area (Å²) < 4.78 is 7.11. The van der Waals surface area contributed by atoms with E-state index in [1.807, 2.05) is 0 Å². The molecule has 1 aliphatic rings. The molecule has 0 amide bonds. The molecule has 0 bridgehead atoms. The zero-order chi connectivity index (χ0) is 11.9. The van der Waals surface area contributed by atoms with Crippen LogP contribution in [0.3, 0.4) is 0 Å². The first-order valence-electron chi connectivity index (χ1n) is 4.32. The molecular formula is C9H8ClNO3S2. The molecule has 0 aromatic carbocycles. The molecule has 0 spiro atoms. The Kier molecular flexibility index (Phi) is 3.05. The number of halogens is 1. The van der Waals surface area contributed by atoms with Crippen molar-refractivity contribution in [2.75, 3.05) is 7.05 Å². The van der Waals surface area contributed by atoms with Crippen molar-refractivity contribution in [2.24, 2.45) is 0 Å². The summed E-state index contributed by atoms with van der Waals surface area (Å²) in [6.07, 6.45) is 0. The molecule has 0 radical (unpaired) electrons. The Morgan fingerprint density at radius 3 is 2.94 bits per heavy atom. The van der Waals surface area contributed by atoms with E-state index in [0.29, 0.717) is 9.21 Å². The van der Waals surface area contributed by atoms with Crippen LogP contribution in [0.15, 0.2) is 16.8 Å². The molecule has 0 fully saturated rings. The minimum absolute atomic E-state index is 0.0525. The van der Waals surface area contributed by atoms with Crippen molar-refractivity contribution in [2.45, 2.75) is 11.8 Å². The van der Waals surface area contributed by atoms with Crippen molar-refractivity contribution in [1.29, 1.82) is 0 Å². The molecule has 2 rings (SSSR count). The number of esters is 1. The summed E-state index contributed by atoms with van der Waals surface area (Å²) in [4.78, 5) is 12.4. The van der Waals surface area contributed by atoms with E-state index in [4.69, 9.17) is 16.3 Å². The highest BCUT2D eigenvalue weighted by atomic mass is 35.5. The van der Waals surface area contributed by atoms with Gasteiger partial charge in [0.2, 0.25) is 0 Å². The fourth-order valence-corrected chi connectivity index (χ4v) is 3.55. The second-order valence-corrected chi connectivity index (χ2v) is 5.93. The van der Waals surface area contributed by atoms with Gasteiger partial charge < -0.3 is 9.84 Å². The topological polar surface area (TPSA) is 49.8 Å². The number of aliphatic hydroxyl groups is 1. The standard InChI is InChI=1S/C9H8ClNO3S2/c1-4(12)14-9-7(13)8-5(16-11(9)2)3-6(10)15-8/h3,13H,1-2H3. The molecule has 2 heterocycles. The van der Waals surface area contributed by atoms with Gasteiger partial charge in [-0.2, -0.15) is 0 Å². The van der Waals surface area contributed by atoms with E-state index in [9.17, 15) is 9.90 Å². The maximum Gasteiger partial charge on any atom is 0.309 e. The van der Waals surface area contributed by atoms with Gasteiger partial charge in [0.25, 0.3) is 5.88 Å². The molecular weight excluding hydrogens is 270 g/mol. The van der Waals surface area contributed by atoms with Crippen LogP contribution in [0.25, 0.3) is 5.76 Å². The van der Waals surface area contributed by atoms with Crippen molar-refractivity contribution in [3.63, 3.8) is 0 Å². The quantitative estimate of drug-likeness (QED) is 0.631. The number of rotatable bonds is 1. The van der Waals surface area contributed by atoms with E-state index in [2.05, 4.69) is 0 Å². The van der Waals surface area contributed by atoms with Crippen LogP contribution in [0.2, 0.25) is 4.34 Å². The first kappa shape index (κ1) is 11.6. The van der Waals surface area contributed by atoms with Crippen LogP contribution in [-0.4, -0.2) is 22.4 Å². The second-order valence-electron chi connectivity index (χ2n) is 3.08. The fourth-order valence-electron chi connectivity index (χ4n) is 1.26. The van der Waals surface area contributed by atoms with Crippen LogP contribution in [-0.2, 0) is 9.53 Å². The molecule has 0 atom stereocenters. The van der Waals surface area contributed by atoms with Gasteiger partial charge in [-0.05, 0) is 18.0 Å². The number of nitrogens with zero attached hydrogens (tertiary/aromatic N) is 1. The third-order valence-electron chi connectivity index (χ3n) is 1.85. The number of hydrogen-bond donors (Lipinski definition) is 1. The Hall–Kier alpha value is -0.850. The molecule has 0 saturated carbocycles. The monoisotopic (exact) mass is 277 g/mol. The summed E-state index contributed by atoms with van der Waals surface area (Å²) in [5.41, 5.74) is 0. The lowest BCUT2D eigenvalue weighted by Gasteiger charge is -2.24. The van der Waals surface area contributed by atoms with Crippen molar-refractivity contribution in [1.82, 2.24) is 4.31 Å². The smallest absolute Gasteiger partial charge is 0.309 e. The molecule has 86 valence electrons. The number of ether oxygens (including phenoxy) is 1. The Balaban J connectivity index is 2.46. The first-order valence-corrected chi connectivity index (χ1v) is 6.29. The van der Waals surface area contributed by atoms with Crippen molar-refractivity contribution in [3.8, 4) is 0 Å². The molecule has 4 nitrogen and oxygen atoms in total. The maximum atomic E-state index is 10.9. The van der Waals surface area contributed by atoms with Crippen LogP contribution in [0.5, 0.6) is 0 Å². The summed E-state index contributed by atoms with van der Waals surface area (Å²) in [6, 6.07) is 1.77. The van der Waals surface area contributed by atoms with Crippen LogP contribution >= 0.6 is 34.9 Å². The number of carbonyl (C=O) groups excluding carboxylic acids is 1. The van der Waals surface area contributed by atoms with Gasteiger partial charge in [-0.3, -0.25) is 9.10 Å². The summed E-state index contributed by atoms with van der Waals surface area (Å²) in [6.45, 7) is 1.29. The Morgan fingerprint density at radius 2 is 2.31 bits per heavy atom. The van der Waals surface area contributed by atoms with Gasteiger partial charge >= 0.3 is 5.97 Å². The average molecular weight is 278 g/mol. The van der Waals surface area contributed by atoms with Gasteiger partial charge in [0.15, 0.2) is 5.76 Å². The summed E-state index contributed by atoms with van der Waals surface area (Å²) >= 11 is 8.46. The number of thiophene rings is 1. The number of aliphatic hydroxyl groups excluding tert-OH is 1. The van der Waals surface area contributed by atoms with E-state index in [-0.39, 0.29) is 11.6 Å². The van der Waals surface area contributed by atoms with Gasteiger partial charge in [-0.25, -0.2) is 0 Å². The number of hydrogen-bond acceptors (Lipinski definition) is 6. The third-order valence-corrected chi connectivity index (χ3v) is 4.21. The van der Waals surface area contributed by atoms with E-state index in [0.717, 1.165) is 4.90 Å². The lowest BCUT2D eigenvalue weighted by atomic mass is 10.4. The molecule has 1 aromatic heterocycles. The molecule has 1 N–H and O–H groups in total. The molecule has 16 heavy (non-hydrogen) atoms. The fraction of sp³-hybridized carbons (Fsp3) is 0.222. The van der Waals surface area contributed by atoms with Gasteiger partial charge in [0.1, 0.15) is 0 Å². The van der Waals surface area contributed by atoms with Crippen LogP contribution in [0.4, 0.5) is 0 Å². The maximum absolute atomic E-state index is 10.9. The minimum Gasteiger partial charge on any atom is -0.502 e. The summed E-state index contributed by atoms with van der Waals surface area (Å²) in [5, 5.41) is 9.95. The van der Waals surface area contributed by atoms with Gasteiger partial charge in [-0.15, -0.1) is 11.3 Å². The first-order chi connectivity index (χ1) is 7.49. The molecule has 1 aromatic rings. The van der Waals surface area contributed by atoms with Crippen LogP contribution in [0, 0.1) is 0 Å². The largest absolute Gasteiger partial charge is 0.502 e. The minimum atomic E-state index is -0.472. The lowest BCUT2D eigenvalue weighted by molar-refractivity contribution is -0.138. The summed E-state index contributed by atoms with van der Waals surface area (Å²) in [5.74, 6) is -0.382. The van der Waals surface area contributed by atoms with E-state index in [1.54, 1.807) is 17.4 Å². The average Bonchev–Trinajstić information content (AvgIpc) is 2.53. The highest BCUT2D eigenvalue weighted by Gasteiger charge is 2.28. The zero-order valence-corrected chi connectivity index (χ0v) is 10.9. The normalized spacial score (nSPS) is 15.1. The van der Waals surface area contributed by atoms with Crippen molar-refractivity contribution in [3.05, 3.63) is 21.2 Å². The highest BCUT2D eigenvalue weighted by Crippen LogP contribution is 2.44. The Morgan fingerprint density at radius 1 is 1.62 bits per heavy atom. The van der Waals surface area contributed by atoms with Crippen molar-refractivity contribution < 1.29 is 14.6 Å². The Bertz CT molecular complexity index is 483. The highest BCUT2D eigenvalue weighted by molar-refractivity contribution is 7.97. The third kappa shape index (κ3) is 2.00. The van der Waals surface area contributed by atoms with Crippen molar-refractivity contribution >= 4 is 46.6 Å². The predicted octanol–water partition coefficient (Wildman–Crippen LogP) is 3.10. The van der Waals surface area contributed by atoms with E-state index < -0.39 is 5.97 Å². The number of carbonyl (C=O) groups is 1. The van der Waals surface area contributed by atoms with Gasteiger partial charge in [0, 0.05) is 14.0 Å².